The van der Waals surface area contributed by atoms with Crippen LogP contribution >= 0.6 is 0 Å². The fourth-order valence-corrected chi connectivity index (χ4v) is 4.98. The number of benzene rings is 2. The monoisotopic (exact) mass is 603 g/mol. The molecule has 2 atom stereocenters. The van der Waals surface area contributed by atoms with E-state index in [1.807, 2.05) is 39.0 Å². The molecule has 2 aromatic carbocycles. The first-order chi connectivity index (χ1) is 21.0. The van der Waals surface area contributed by atoms with E-state index in [9.17, 15) is 19.5 Å². The molecule has 0 bridgehead atoms. The van der Waals surface area contributed by atoms with Crippen LogP contribution in [0.3, 0.4) is 0 Å². The third-order valence-corrected chi connectivity index (χ3v) is 7.10. The van der Waals surface area contributed by atoms with Gasteiger partial charge < -0.3 is 34.5 Å². The van der Waals surface area contributed by atoms with E-state index in [2.05, 4.69) is 25.7 Å². The summed E-state index contributed by atoms with van der Waals surface area (Å²) >= 11 is 0. The molecule has 12 nitrogen and oxygen atoms in total. The number of aromatic nitrogens is 1. The van der Waals surface area contributed by atoms with Gasteiger partial charge in [-0.05, 0) is 82.6 Å². The van der Waals surface area contributed by atoms with Gasteiger partial charge in [-0.15, -0.1) is 0 Å². The Balaban J connectivity index is 1.42. The van der Waals surface area contributed by atoms with Gasteiger partial charge in [0.1, 0.15) is 6.61 Å². The van der Waals surface area contributed by atoms with Gasteiger partial charge in [-0.2, -0.15) is 5.10 Å². The second-order valence-electron chi connectivity index (χ2n) is 10.2. The molecule has 1 aliphatic rings. The Bertz CT molecular complexity index is 1610. The first-order valence-electron chi connectivity index (χ1n) is 14.1. The Morgan fingerprint density at radius 2 is 1.82 bits per heavy atom. The Labute approximate surface area is 255 Å². The van der Waals surface area contributed by atoms with Crippen LogP contribution in [0, 0.1) is 13.8 Å². The molecule has 0 saturated heterocycles. The van der Waals surface area contributed by atoms with E-state index in [4.69, 9.17) is 14.2 Å². The number of amides is 2. The Morgan fingerprint density at radius 1 is 1.09 bits per heavy atom. The van der Waals surface area contributed by atoms with Gasteiger partial charge >= 0.3 is 12.0 Å². The molecule has 2 amide bonds. The number of aryl methyl sites for hydroxylation is 1. The van der Waals surface area contributed by atoms with Crippen molar-refractivity contribution < 1.29 is 33.7 Å². The third-order valence-electron chi connectivity index (χ3n) is 7.10. The van der Waals surface area contributed by atoms with Crippen LogP contribution in [0.25, 0.3) is 5.69 Å². The van der Waals surface area contributed by atoms with Gasteiger partial charge in [-0.1, -0.05) is 6.07 Å². The number of hydrazone groups is 1. The lowest BCUT2D eigenvalue weighted by molar-refractivity contribution is -0.136. The van der Waals surface area contributed by atoms with E-state index in [1.165, 1.54) is 14.0 Å². The molecule has 1 aliphatic heterocycles. The number of nitrogens with one attached hydrogen (secondary N) is 3. The molecule has 1 aromatic heterocycles. The lowest BCUT2D eigenvalue weighted by Crippen LogP contribution is -2.45. The predicted octanol–water partition coefficient (Wildman–Crippen LogP) is 3.82. The number of aliphatic hydroxyl groups excluding tert-OH is 1. The number of nitrogens with zero attached hydrogens (tertiary/aromatic N) is 2. The van der Waals surface area contributed by atoms with Crippen LogP contribution in [0.5, 0.6) is 11.5 Å². The van der Waals surface area contributed by atoms with Crippen molar-refractivity contribution in [2.24, 2.45) is 5.10 Å². The average molecular weight is 604 g/mol. The number of ether oxygens (including phenoxy) is 3. The Kier molecular flexibility index (Phi) is 10.1. The SMILES string of the molecule is CCOc1cc([C@@H]2NC(=O)NC(C)=C2C(=O)OC)ccc1OC[C@H](O)N/N=C\c1cc(C)n(-c2ccc(C(C)=O)cc2)c1C. The molecular formula is C32H37N5O7. The van der Waals surface area contributed by atoms with Gasteiger partial charge in [0.25, 0.3) is 0 Å². The quantitative estimate of drug-likeness (QED) is 0.0802. The highest BCUT2D eigenvalue weighted by Crippen LogP contribution is 2.35. The number of allylic oxidation sites excluding steroid dienone is 1. The molecule has 0 spiro atoms. The van der Waals surface area contributed by atoms with Crippen molar-refractivity contribution in [3.05, 3.63) is 87.9 Å². The van der Waals surface area contributed by atoms with E-state index in [0.29, 0.717) is 34.9 Å². The maximum absolute atomic E-state index is 12.4. The largest absolute Gasteiger partial charge is 0.490 e. The lowest BCUT2D eigenvalue weighted by atomic mass is 9.95. The zero-order valence-corrected chi connectivity index (χ0v) is 25.6. The normalized spacial score (nSPS) is 15.4. The highest BCUT2D eigenvalue weighted by Gasteiger charge is 2.32. The van der Waals surface area contributed by atoms with Gasteiger partial charge in [-0.25, -0.2) is 9.59 Å². The molecule has 4 rings (SSSR count). The van der Waals surface area contributed by atoms with Crippen LogP contribution < -0.4 is 25.5 Å². The first kappa shape index (κ1) is 31.8. The van der Waals surface area contributed by atoms with Crippen LogP contribution in [0.2, 0.25) is 0 Å². The molecule has 44 heavy (non-hydrogen) atoms. The minimum Gasteiger partial charge on any atom is -0.490 e. The van der Waals surface area contributed by atoms with Crippen LogP contribution in [0.15, 0.2) is 64.9 Å². The number of hydrogen-bond acceptors (Lipinski definition) is 9. The number of esters is 1. The summed E-state index contributed by atoms with van der Waals surface area (Å²) in [7, 11) is 1.28. The topological polar surface area (TPSA) is 153 Å². The Morgan fingerprint density at radius 3 is 2.48 bits per heavy atom. The van der Waals surface area contributed by atoms with Gasteiger partial charge in [0.15, 0.2) is 23.5 Å². The van der Waals surface area contributed by atoms with Crippen LogP contribution in [-0.4, -0.2) is 60.2 Å². The van der Waals surface area contributed by atoms with Gasteiger partial charge in [0.2, 0.25) is 0 Å². The average Bonchev–Trinajstić information content (AvgIpc) is 3.28. The summed E-state index contributed by atoms with van der Waals surface area (Å²) in [5.74, 6) is 0.178. The standard InChI is InChI=1S/C32H37N5O7/c1-7-43-27-15-23(30-29(31(40)42-6)19(3)34-32(41)35-30)10-13-26(27)44-17-28(39)36-33-16-24-14-18(2)37(20(24)4)25-11-8-22(9-12-25)21(5)38/h8-16,28,30,36,39H,7,17H2,1-6H3,(H2,34,35,41)/b33-16-/t28-,30-/m0/s1. The molecule has 0 fully saturated rings. The minimum absolute atomic E-state index is 0.0130. The number of Topliss-reactive ketones (excluding diaryl/α,β-unsaturated/α-hetero) is 1. The second-order valence-corrected chi connectivity index (χ2v) is 10.2. The molecule has 4 N–H and O–H groups in total. The van der Waals surface area contributed by atoms with Crippen molar-refractivity contribution in [1.82, 2.24) is 20.6 Å². The summed E-state index contributed by atoms with van der Waals surface area (Å²) in [4.78, 5) is 36.2. The van der Waals surface area contributed by atoms with Crippen molar-refractivity contribution >= 4 is 24.0 Å². The smallest absolute Gasteiger partial charge is 0.337 e. The highest BCUT2D eigenvalue weighted by molar-refractivity contribution is 5.95. The highest BCUT2D eigenvalue weighted by atomic mass is 16.5. The summed E-state index contributed by atoms with van der Waals surface area (Å²) in [5, 5.41) is 20.0. The predicted molar refractivity (Wildman–Crippen MR) is 164 cm³/mol. The summed E-state index contributed by atoms with van der Waals surface area (Å²) < 4.78 is 18.6. The van der Waals surface area contributed by atoms with E-state index >= 15 is 0 Å². The molecule has 232 valence electrons. The number of methoxy groups -OCH3 is 1. The van der Waals surface area contributed by atoms with Gasteiger partial charge in [0.05, 0.1) is 31.5 Å². The molecular weight excluding hydrogens is 566 g/mol. The molecule has 2 heterocycles. The summed E-state index contributed by atoms with van der Waals surface area (Å²) in [6.45, 7) is 9.12. The van der Waals surface area contributed by atoms with Crippen molar-refractivity contribution in [3.63, 3.8) is 0 Å². The number of ketones is 1. The zero-order valence-electron chi connectivity index (χ0n) is 25.6. The van der Waals surface area contributed by atoms with Crippen molar-refractivity contribution in [1.29, 1.82) is 0 Å². The van der Waals surface area contributed by atoms with E-state index < -0.39 is 24.3 Å². The number of aliphatic hydroxyl groups is 1. The van der Waals surface area contributed by atoms with Crippen LogP contribution in [0.1, 0.15) is 59.7 Å². The number of carbonyl (C=O) groups excluding carboxylic acids is 3. The summed E-state index contributed by atoms with van der Waals surface area (Å²) in [6, 6.07) is 13.2. The van der Waals surface area contributed by atoms with E-state index in [-0.39, 0.29) is 18.0 Å². The Hall–Kier alpha value is -5.10. The number of hydrogen-bond donors (Lipinski definition) is 4. The number of urea groups is 1. The molecule has 3 aromatic rings. The van der Waals surface area contributed by atoms with Crippen LogP contribution in [0.4, 0.5) is 4.79 Å². The van der Waals surface area contributed by atoms with Crippen molar-refractivity contribution in [3.8, 4) is 17.2 Å². The third kappa shape index (κ3) is 7.09. The van der Waals surface area contributed by atoms with Gasteiger partial charge in [-0.3, -0.25) is 10.2 Å². The minimum atomic E-state index is -1.14. The van der Waals surface area contributed by atoms with Crippen molar-refractivity contribution in [2.75, 3.05) is 20.3 Å². The zero-order chi connectivity index (χ0) is 32.0. The second kappa shape index (κ2) is 13.9. The molecule has 0 unspecified atom stereocenters. The van der Waals surface area contributed by atoms with E-state index in [0.717, 1.165) is 22.6 Å². The van der Waals surface area contributed by atoms with Gasteiger partial charge in [0, 0.05) is 33.9 Å². The maximum atomic E-state index is 12.4. The summed E-state index contributed by atoms with van der Waals surface area (Å²) in [5.41, 5.74) is 8.29. The molecule has 0 aliphatic carbocycles. The fraction of sp³-hybridized carbons (Fsp3) is 0.312. The lowest BCUT2D eigenvalue weighted by Gasteiger charge is -2.28. The first-order valence-corrected chi connectivity index (χ1v) is 14.1. The molecule has 0 saturated carbocycles. The van der Waals surface area contributed by atoms with Crippen LogP contribution in [-0.2, 0) is 9.53 Å². The maximum Gasteiger partial charge on any atom is 0.337 e. The van der Waals surface area contributed by atoms with Crippen molar-refractivity contribution in [2.45, 2.75) is 46.9 Å². The fourth-order valence-electron chi connectivity index (χ4n) is 4.98. The number of rotatable bonds is 12. The molecule has 0 radical (unpaired) electrons. The van der Waals surface area contributed by atoms with E-state index in [1.54, 1.807) is 43.5 Å². The molecule has 12 heteroatoms. The number of carbonyl (C=O) groups is 3. The summed E-state index contributed by atoms with van der Waals surface area (Å²) in [6.07, 6.45) is 0.483.